The second-order valence-corrected chi connectivity index (χ2v) is 6.61. The minimum atomic E-state index is -0.252. The minimum Gasteiger partial charge on any atom is -0.370 e. The molecule has 0 amide bonds. The Bertz CT molecular complexity index is 934. The van der Waals surface area contributed by atoms with Gasteiger partial charge in [-0.2, -0.15) is 0 Å². The van der Waals surface area contributed by atoms with Crippen molar-refractivity contribution in [3.63, 3.8) is 0 Å². The number of nitrogens with zero attached hydrogens (tertiary/aromatic N) is 3. The molecule has 0 aliphatic carbocycles. The van der Waals surface area contributed by atoms with Gasteiger partial charge >= 0.3 is 0 Å². The summed E-state index contributed by atoms with van der Waals surface area (Å²) in [5.41, 5.74) is 8.78. The van der Waals surface area contributed by atoms with E-state index in [0.29, 0.717) is 23.8 Å². The van der Waals surface area contributed by atoms with E-state index in [1.165, 1.54) is 0 Å². The summed E-state index contributed by atoms with van der Waals surface area (Å²) in [6, 6.07) is 16.6. The lowest BCUT2D eigenvalue weighted by Crippen LogP contribution is -2.30. The Hall–Kier alpha value is -3.15. The molecule has 0 spiro atoms. The molecule has 2 N–H and O–H groups in total. The largest absolute Gasteiger partial charge is 0.370 e. The third-order valence-electron chi connectivity index (χ3n) is 4.45. The van der Waals surface area contributed by atoms with Gasteiger partial charge in [0, 0.05) is 31.6 Å². The second-order valence-electron chi connectivity index (χ2n) is 6.61. The number of aromatic nitrogens is 1. The summed E-state index contributed by atoms with van der Waals surface area (Å²) >= 11 is 0. The van der Waals surface area contributed by atoms with Crippen LogP contribution in [0.2, 0.25) is 0 Å². The fourth-order valence-electron chi connectivity index (χ4n) is 2.73. The summed E-state index contributed by atoms with van der Waals surface area (Å²) in [7, 11) is 3.64. The Labute approximate surface area is 158 Å². The Morgan fingerprint density at radius 2 is 1.93 bits per heavy atom. The molecule has 0 saturated heterocycles. The maximum Gasteiger partial charge on any atom is 0.191 e. The van der Waals surface area contributed by atoms with Crippen molar-refractivity contribution < 1.29 is 8.91 Å². The van der Waals surface area contributed by atoms with Crippen LogP contribution in [0.1, 0.15) is 29.9 Å². The lowest BCUT2D eigenvalue weighted by Gasteiger charge is -2.11. The van der Waals surface area contributed by atoms with Gasteiger partial charge in [-0.05, 0) is 17.2 Å². The second kappa shape index (κ2) is 8.03. The number of guanidine groups is 1. The van der Waals surface area contributed by atoms with E-state index in [9.17, 15) is 4.39 Å². The molecule has 0 saturated carbocycles. The summed E-state index contributed by atoms with van der Waals surface area (Å²) in [5.74, 6) is 0.678. The number of hydrogen-bond donors (Lipinski definition) is 1. The van der Waals surface area contributed by atoms with Gasteiger partial charge in [-0.3, -0.25) is 0 Å². The molecular formula is C21H23FN4O. The van der Waals surface area contributed by atoms with Crippen LogP contribution in [0.3, 0.4) is 0 Å². The molecule has 1 unspecified atom stereocenters. The maximum atomic E-state index is 14.6. The first kappa shape index (κ1) is 18.6. The Morgan fingerprint density at radius 1 is 1.19 bits per heavy atom. The van der Waals surface area contributed by atoms with Crippen molar-refractivity contribution in [1.82, 2.24) is 10.1 Å². The third-order valence-corrected chi connectivity index (χ3v) is 4.45. The van der Waals surface area contributed by atoms with Crippen molar-refractivity contribution in [2.45, 2.75) is 19.4 Å². The molecule has 6 heteroatoms. The molecule has 1 heterocycles. The average molecular weight is 366 g/mol. The first-order chi connectivity index (χ1) is 13.0. The van der Waals surface area contributed by atoms with Crippen molar-refractivity contribution in [1.29, 1.82) is 0 Å². The Kier molecular flexibility index (Phi) is 5.54. The SMILES string of the molecule is CC(c1ccc(-c2ccccc2)c(F)c1)c1cc(CN=C(N)N(C)C)on1. The predicted molar refractivity (Wildman–Crippen MR) is 105 cm³/mol. The van der Waals surface area contributed by atoms with E-state index in [0.717, 1.165) is 16.8 Å². The van der Waals surface area contributed by atoms with E-state index in [-0.39, 0.29) is 11.7 Å². The van der Waals surface area contributed by atoms with E-state index in [4.69, 9.17) is 10.3 Å². The van der Waals surface area contributed by atoms with Gasteiger partial charge in [0.1, 0.15) is 12.4 Å². The van der Waals surface area contributed by atoms with Gasteiger partial charge in [0.05, 0.1) is 5.69 Å². The van der Waals surface area contributed by atoms with E-state index in [1.807, 2.05) is 63.5 Å². The summed E-state index contributed by atoms with van der Waals surface area (Å²) in [4.78, 5) is 5.94. The number of rotatable bonds is 5. The Balaban J connectivity index is 1.77. The normalized spacial score (nSPS) is 12.8. The van der Waals surface area contributed by atoms with Crippen LogP contribution in [0.4, 0.5) is 4.39 Å². The van der Waals surface area contributed by atoms with Gasteiger partial charge < -0.3 is 15.2 Å². The highest BCUT2D eigenvalue weighted by molar-refractivity contribution is 5.77. The summed E-state index contributed by atoms with van der Waals surface area (Å²) in [6.45, 7) is 2.28. The smallest absolute Gasteiger partial charge is 0.191 e. The first-order valence-electron chi connectivity index (χ1n) is 8.73. The zero-order valence-corrected chi connectivity index (χ0v) is 15.7. The molecule has 1 aromatic heterocycles. The molecule has 27 heavy (non-hydrogen) atoms. The lowest BCUT2D eigenvalue weighted by atomic mass is 9.94. The van der Waals surface area contributed by atoms with Gasteiger partial charge in [-0.1, -0.05) is 54.5 Å². The van der Waals surface area contributed by atoms with Gasteiger partial charge in [-0.15, -0.1) is 0 Å². The van der Waals surface area contributed by atoms with Gasteiger partial charge in [-0.25, -0.2) is 9.38 Å². The van der Waals surface area contributed by atoms with Crippen LogP contribution in [0, 0.1) is 5.82 Å². The standard InChI is InChI=1S/C21H23FN4O/c1-14(20-12-17(27-25-20)13-24-21(23)26(2)3)16-9-10-18(19(22)11-16)15-7-5-4-6-8-15/h4-12,14H,13H2,1-3H3,(H2,23,24). The monoisotopic (exact) mass is 366 g/mol. The summed E-state index contributed by atoms with van der Waals surface area (Å²) in [5, 5.41) is 4.10. The molecule has 3 aromatic rings. The number of halogens is 1. The van der Waals surface area contributed by atoms with Crippen LogP contribution in [-0.4, -0.2) is 30.1 Å². The van der Waals surface area contributed by atoms with Crippen molar-refractivity contribution in [2.24, 2.45) is 10.7 Å². The van der Waals surface area contributed by atoms with Crippen LogP contribution in [0.15, 0.2) is 64.1 Å². The predicted octanol–water partition coefficient (Wildman–Crippen LogP) is 4.01. The topological polar surface area (TPSA) is 67.7 Å². The minimum absolute atomic E-state index is 0.100. The molecule has 0 fully saturated rings. The van der Waals surface area contributed by atoms with Crippen LogP contribution in [-0.2, 0) is 6.54 Å². The highest BCUT2D eigenvalue weighted by atomic mass is 19.1. The molecule has 1 atom stereocenters. The molecule has 5 nitrogen and oxygen atoms in total. The fraction of sp³-hybridized carbons (Fsp3) is 0.238. The molecule has 0 bridgehead atoms. The van der Waals surface area contributed by atoms with E-state index >= 15 is 0 Å². The number of hydrogen-bond acceptors (Lipinski definition) is 3. The zero-order chi connectivity index (χ0) is 19.4. The van der Waals surface area contributed by atoms with Gasteiger partial charge in [0.15, 0.2) is 11.7 Å². The molecule has 2 aromatic carbocycles. The highest BCUT2D eigenvalue weighted by Crippen LogP contribution is 2.29. The number of nitrogens with two attached hydrogens (primary N) is 1. The molecule has 0 aliphatic heterocycles. The van der Waals surface area contributed by atoms with Gasteiger partial charge in [0.2, 0.25) is 0 Å². The van der Waals surface area contributed by atoms with Gasteiger partial charge in [0.25, 0.3) is 0 Å². The summed E-state index contributed by atoms with van der Waals surface area (Å²) < 4.78 is 20.0. The Morgan fingerprint density at radius 3 is 2.59 bits per heavy atom. The van der Waals surface area contributed by atoms with Crippen LogP contribution in [0.25, 0.3) is 11.1 Å². The van der Waals surface area contributed by atoms with Crippen LogP contribution >= 0.6 is 0 Å². The molecular weight excluding hydrogens is 343 g/mol. The fourth-order valence-corrected chi connectivity index (χ4v) is 2.73. The molecule has 0 radical (unpaired) electrons. The average Bonchev–Trinajstić information content (AvgIpc) is 3.15. The van der Waals surface area contributed by atoms with E-state index < -0.39 is 0 Å². The quantitative estimate of drug-likeness (QED) is 0.547. The number of benzene rings is 2. The first-order valence-corrected chi connectivity index (χ1v) is 8.73. The van der Waals surface area contributed by atoms with Crippen molar-refractivity contribution in [2.75, 3.05) is 14.1 Å². The molecule has 3 rings (SSSR count). The number of aliphatic imine (C=N–C) groups is 1. The van der Waals surface area contributed by atoms with E-state index in [1.54, 1.807) is 17.0 Å². The molecule has 0 aliphatic rings. The lowest BCUT2D eigenvalue weighted by molar-refractivity contribution is 0.377. The van der Waals surface area contributed by atoms with E-state index in [2.05, 4.69) is 10.1 Å². The summed E-state index contributed by atoms with van der Waals surface area (Å²) in [6.07, 6.45) is 0. The highest BCUT2D eigenvalue weighted by Gasteiger charge is 2.16. The van der Waals surface area contributed by atoms with Crippen LogP contribution in [0.5, 0.6) is 0 Å². The van der Waals surface area contributed by atoms with Crippen LogP contribution < -0.4 is 5.73 Å². The zero-order valence-electron chi connectivity index (χ0n) is 15.7. The van der Waals surface area contributed by atoms with Crippen molar-refractivity contribution >= 4 is 5.96 Å². The molecule has 140 valence electrons. The maximum absolute atomic E-state index is 14.6. The van der Waals surface area contributed by atoms with Crippen molar-refractivity contribution in [3.8, 4) is 11.1 Å². The third kappa shape index (κ3) is 4.34. The van der Waals surface area contributed by atoms with Crippen molar-refractivity contribution in [3.05, 3.63) is 77.4 Å².